The van der Waals surface area contributed by atoms with Crippen LogP contribution in [0.4, 0.5) is 22.7 Å². The number of nitrogens with zero attached hydrogens (tertiary/aromatic N) is 3. The van der Waals surface area contributed by atoms with E-state index in [2.05, 4.69) is 429 Å². The van der Waals surface area contributed by atoms with Crippen molar-refractivity contribution >= 4 is 111 Å². The molecule has 1 aromatic heterocycles. The summed E-state index contributed by atoms with van der Waals surface area (Å²) in [5.74, 6) is 0. The topological polar surface area (TPSA) is 11.4 Å². The van der Waals surface area contributed by atoms with Crippen molar-refractivity contribution < 1.29 is 0 Å². The molecule has 2 aliphatic rings. The Morgan fingerprint density at radius 2 is 0.684 bits per heavy atom. The van der Waals surface area contributed by atoms with Crippen LogP contribution in [0.25, 0.3) is 148 Å². The van der Waals surface area contributed by atoms with Crippen molar-refractivity contribution in [2.45, 2.75) is 45.4 Å². The van der Waals surface area contributed by atoms with Crippen molar-refractivity contribution in [1.82, 2.24) is 4.57 Å². The molecule has 2 aliphatic heterocycles. The van der Waals surface area contributed by atoms with E-state index in [0.29, 0.717) is 13.1 Å². The highest BCUT2D eigenvalue weighted by Gasteiger charge is 2.44. The minimum atomic E-state index is -0.180. The van der Waals surface area contributed by atoms with Gasteiger partial charge in [-0.15, -0.1) is 0 Å². The summed E-state index contributed by atoms with van der Waals surface area (Å²) in [6.45, 7) is 8.15. The van der Waals surface area contributed by atoms with Crippen LogP contribution in [0.15, 0.2) is 394 Å². The fraction of sp³-hybridized carbons (Fsp3) is 0.0796. The molecular weight excluding hydrogens is 1410 g/mol. The summed E-state index contributed by atoms with van der Waals surface area (Å²) in [6.07, 6.45) is 2.23. The number of hydrogen-bond acceptors (Lipinski definition) is 2. The summed E-state index contributed by atoms with van der Waals surface area (Å²) in [5.41, 5.74) is 35.9. The van der Waals surface area contributed by atoms with Crippen LogP contribution in [0.2, 0.25) is 0 Å². The van der Waals surface area contributed by atoms with E-state index in [4.69, 9.17) is 0 Å². The SMILES string of the molecule is CC(C)(C)c1ccc(Cc2cc3c4c(c2)N(CCc2c(-c5ccccc5)cc(-c5ccccc5)cc2-c2ccccc2)c2cc(-n5c6ccccc6c6ccccc65)ccc2B4c2cc(-c4cc5cccc6c7cccc8cccc(c(c4)c56)c87)ccc2N3CCc2c(-c3ccccc3)cc(-c3ccccc3)cc2-c2ccccc2)cc1. The highest BCUT2D eigenvalue weighted by atomic mass is 15.2. The van der Waals surface area contributed by atoms with Gasteiger partial charge in [0, 0.05) is 52.3 Å². The molecule has 20 aromatic rings. The number of rotatable bonds is 16. The quantitative estimate of drug-likeness (QED) is 0.0543. The number of aromatic nitrogens is 1. The van der Waals surface area contributed by atoms with Crippen LogP contribution in [0.1, 0.15) is 48.6 Å². The first kappa shape index (κ1) is 69.6. The predicted molar refractivity (Wildman–Crippen MR) is 500 cm³/mol. The predicted octanol–water partition coefficient (Wildman–Crippen LogP) is 27.3. The van der Waals surface area contributed by atoms with Crippen molar-refractivity contribution in [2.24, 2.45) is 0 Å². The lowest BCUT2D eigenvalue weighted by Crippen LogP contribution is -2.62. The molecule has 22 rings (SSSR count). The van der Waals surface area contributed by atoms with Crippen molar-refractivity contribution in [2.75, 3.05) is 22.9 Å². The summed E-state index contributed by atoms with van der Waals surface area (Å²) >= 11 is 0. The van der Waals surface area contributed by atoms with Crippen LogP contribution in [0, 0.1) is 0 Å². The molecule has 4 heteroatoms. The Morgan fingerprint density at radius 1 is 0.265 bits per heavy atom. The molecule has 0 amide bonds. The molecule has 0 aliphatic carbocycles. The van der Waals surface area contributed by atoms with Crippen LogP contribution < -0.4 is 26.2 Å². The highest BCUT2D eigenvalue weighted by molar-refractivity contribution is 7.00. The second kappa shape index (κ2) is 28.5. The van der Waals surface area contributed by atoms with Crippen LogP contribution in [-0.2, 0) is 24.7 Å². The lowest BCUT2D eigenvalue weighted by Gasteiger charge is -2.45. The second-order valence-electron chi connectivity index (χ2n) is 33.2. The number of fused-ring (bicyclic) bond motifs is 9. The molecule has 0 spiro atoms. The Bertz CT molecular complexity index is 7050. The van der Waals surface area contributed by atoms with Gasteiger partial charge in [0.05, 0.1) is 11.0 Å². The van der Waals surface area contributed by atoms with E-state index in [1.807, 2.05) is 0 Å². The van der Waals surface area contributed by atoms with Gasteiger partial charge in [-0.25, -0.2) is 0 Å². The Labute approximate surface area is 684 Å². The average molecular weight is 1490 g/mol. The van der Waals surface area contributed by atoms with E-state index >= 15 is 0 Å². The van der Waals surface area contributed by atoms with Gasteiger partial charge >= 0.3 is 0 Å². The van der Waals surface area contributed by atoms with Gasteiger partial charge in [0.2, 0.25) is 0 Å². The van der Waals surface area contributed by atoms with Crippen molar-refractivity contribution in [3.05, 3.63) is 422 Å². The van der Waals surface area contributed by atoms with Gasteiger partial charge in [-0.05, 0) is 269 Å². The molecule has 0 saturated carbocycles. The number of para-hydroxylation sites is 2. The largest absolute Gasteiger partial charge is 0.342 e. The second-order valence-corrected chi connectivity index (χ2v) is 33.2. The molecule has 3 nitrogen and oxygen atoms in total. The summed E-state index contributed by atoms with van der Waals surface area (Å²) < 4.78 is 2.52. The monoisotopic (exact) mass is 1490 g/mol. The Morgan fingerprint density at radius 3 is 1.17 bits per heavy atom. The maximum absolute atomic E-state index is 2.78. The zero-order valence-corrected chi connectivity index (χ0v) is 66.0. The zero-order chi connectivity index (χ0) is 77.8. The lowest BCUT2D eigenvalue weighted by molar-refractivity contribution is 0.590. The van der Waals surface area contributed by atoms with Gasteiger partial charge in [-0.2, -0.15) is 0 Å². The normalized spacial score (nSPS) is 12.5. The van der Waals surface area contributed by atoms with Crippen molar-refractivity contribution in [1.29, 1.82) is 0 Å². The maximum atomic E-state index is 2.78. The first-order valence-electron chi connectivity index (χ1n) is 41.5. The van der Waals surface area contributed by atoms with Crippen LogP contribution >= 0.6 is 0 Å². The molecule has 0 unspecified atom stereocenters. The zero-order valence-electron chi connectivity index (χ0n) is 66.0. The first-order valence-corrected chi connectivity index (χ1v) is 41.5. The molecule has 0 saturated heterocycles. The lowest BCUT2D eigenvalue weighted by atomic mass is 9.33. The van der Waals surface area contributed by atoms with E-state index in [0.717, 1.165) is 24.9 Å². The summed E-state index contributed by atoms with van der Waals surface area (Å²) in [7, 11) is 0. The van der Waals surface area contributed by atoms with Gasteiger partial charge in [0.15, 0.2) is 0 Å². The Kier molecular flexibility index (Phi) is 17.0. The van der Waals surface area contributed by atoms with Gasteiger partial charge in [0.25, 0.3) is 6.71 Å². The third-order valence-electron chi connectivity index (χ3n) is 25.4. The fourth-order valence-corrected chi connectivity index (χ4v) is 19.9. The minimum Gasteiger partial charge on any atom is -0.342 e. The van der Waals surface area contributed by atoms with Crippen molar-refractivity contribution in [3.8, 4) is 83.6 Å². The summed E-state index contributed by atoms with van der Waals surface area (Å²) in [6, 6.07) is 150. The molecule has 19 aromatic carbocycles. The standard InChI is InChI=1S/C113H84BN3/c1-113(2,3)88-54-51-74(52-55-88)63-75-64-108-112-109(65-75)116(62-60-91-99(80-37-18-8-19-38-80)69-87(77-31-12-5-13-32-77)70-100(91)81-39-20-9-21-40-81)107-73-89(117-104-49-24-22-44-92(104)93-45-23-25-50-105(93)117)56-57-102(107)114(112)103-72-83(85-66-84-43-28-47-95-94-46-26-41-82-42-27-48-96(110(82)94)101(71-85)111(84)95)53-58-106(103)115(108)61-59-90-97(78-33-14-6-15-34-78)67-86(76-29-10-4-11-30-76)68-98(90)79-35-16-7-17-36-79/h4-58,64-73H,59-63H2,1-3H3. The van der Waals surface area contributed by atoms with Gasteiger partial charge < -0.3 is 14.4 Å². The average Bonchev–Trinajstić information content (AvgIpc) is 1.22. The van der Waals surface area contributed by atoms with Gasteiger partial charge in [0.1, 0.15) is 0 Å². The smallest absolute Gasteiger partial charge is 0.252 e. The molecule has 117 heavy (non-hydrogen) atoms. The molecule has 554 valence electrons. The fourth-order valence-electron chi connectivity index (χ4n) is 19.9. The molecule has 0 atom stereocenters. The van der Waals surface area contributed by atoms with E-state index < -0.39 is 0 Å². The maximum Gasteiger partial charge on any atom is 0.252 e. The third-order valence-corrected chi connectivity index (χ3v) is 25.4. The molecule has 0 radical (unpaired) electrons. The molecule has 0 bridgehead atoms. The molecular formula is C113H84BN3. The van der Waals surface area contributed by atoms with Crippen LogP contribution in [0.5, 0.6) is 0 Å². The van der Waals surface area contributed by atoms with Gasteiger partial charge in [-0.3, -0.25) is 0 Å². The number of benzene rings is 19. The van der Waals surface area contributed by atoms with E-state index in [9.17, 15) is 0 Å². The number of hydrogen-bond donors (Lipinski definition) is 0. The van der Waals surface area contributed by atoms with Crippen molar-refractivity contribution in [3.63, 3.8) is 0 Å². The molecule has 3 heterocycles. The van der Waals surface area contributed by atoms with Gasteiger partial charge in [-0.1, -0.05) is 336 Å². The van der Waals surface area contributed by atoms with Crippen LogP contribution in [0.3, 0.4) is 0 Å². The highest BCUT2D eigenvalue weighted by Crippen LogP contribution is 2.48. The minimum absolute atomic E-state index is 0.00362. The van der Waals surface area contributed by atoms with E-state index in [1.54, 1.807) is 0 Å². The number of anilines is 4. The first-order chi connectivity index (χ1) is 57.7. The Balaban J connectivity index is 0.812. The van der Waals surface area contributed by atoms with E-state index in [1.165, 1.54) is 210 Å². The molecule has 0 N–H and O–H groups in total. The third kappa shape index (κ3) is 12.1. The van der Waals surface area contributed by atoms with Crippen LogP contribution in [-0.4, -0.2) is 24.4 Å². The summed E-state index contributed by atoms with van der Waals surface area (Å²) in [4.78, 5) is 5.55. The Hall–Kier alpha value is -14.1. The molecule has 0 fully saturated rings. The summed E-state index contributed by atoms with van der Waals surface area (Å²) in [5, 5.41) is 12.8. The van der Waals surface area contributed by atoms with E-state index in [-0.39, 0.29) is 12.1 Å².